The van der Waals surface area contributed by atoms with Gasteiger partial charge in [-0.3, -0.25) is 9.10 Å². The van der Waals surface area contributed by atoms with Gasteiger partial charge in [-0.2, -0.15) is 0 Å². The fourth-order valence-electron chi connectivity index (χ4n) is 3.34. The summed E-state index contributed by atoms with van der Waals surface area (Å²) in [5.74, 6) is 0.241. The van der Waals surface area contributed by atoms with Crippen LogP contribution in [0.2, 0.25) is 0 Å². The van der Waals surface area contributed by atoms with Gasteiger partial charge in [-0.05, 0) is 68.3 Å². The lowest BCUT2D eigenvalue weighted by atomic mass is 10.2. The van der Waals surface area contributed by atoms with Crippen molar-refractivity contribution in [2.75, 3.05) is 47.0 Å². The maximum absolute atomic E-state index is 12.5. The molecule has 0 radical (unpaired) electrons. The van der Waals surface area contributed by atoms with E-state index in [1.165, 1.54) is 12.8 Å². The molecule has 1 heterocycles. The largest absolute Gasteiger partial charge is 0.494 e. The van der Waals surface area contributed by atoms with Gasteiger partial charge in [0.15, 0.2) is 0 Å². The Kier molecular flexibility index (Phi) is 6.64. The van der Waals surface area contributed by atoms with Gasteiger partial charge in [-0.25, -0.2) is 8.42 Å². The monoisotopic (exact) mass is 417 g/mol. The van der Waals surface area contributed by atoms with Crippen LogP contribution < -0.4 is 19.3 Å². The lowest BCUT2D eigenvalue weighted by Gasteiger charge is -2.22. The Morgan fingerprint density at radius 1 is 1.07 bits per heavy atom. The summed E-state index contributed by atoms with van der Waals surface area (Å²) in [6.07, 6.45) is 3.48. The molecule has 0 bridgehead atoms. The molecule has 0 aromatic heterocycles. The molecule has 1 aliphatic rings. The minimum Gasteiger partial charge on any atom is -0.494 e. The number of ether oxygens (including phenoxy) is 1. The van der Waals surface area contributed by atoms with E-state index in [4.69, 9.17) is 4.74 Å². The van der Waals surface area contributed by atoms with Crippen molar-refractivity contribution in [3.8, 4) is 5.75 Å². The van der Waals surface area contributed by atoms with Gasteiger partial charge in [-0.1, -0.05) is 0 Å². The van der Waals surface area contributed by atoms with Crippen molar-refractivity contribution < 1.29 is 17.9 Å². The molecule has 1 N–H and O–H groups in total. The van der Waals surface area contributed by atoms with E-state index in [1.807, 2.05) is 31.2 Å². The molecule has 1 aliphatic heterocycles. The van der Waals surface area contributed by atoms with Gasteiger partial charge in [0.25, 0.3) is 0 Å². The number of hydrogen-bond acceptors (Lipinski definition) is 5. The highest BCUT2D eigenvalue weighted by molar-refractivity contribution is 7.92. The number of nitrogens with zero attached hydrogens (tertiary/aromatic N) is 2. The Morgan fingerprint density at radius 2 is 1.69 bits per heavy atom. The highest BCUT2D eigenvalue weighted by Gasteiger charge is 2.21. The van der Waals surface area contributed by atoms with Crippen molar-refractivity contribution in [2.45, 2.75) is 19.8 Å². The van der Waals surface area contributed by atoms with Crippen LogP contribution in [0.25, 0.3) is 0 Å². The molecular weight excluding hydrogens is 390 g/mol. The Labute approximate surface area is 172 Å². The first-order valence-corrected chi connectivity index (χ1v) is 11.6. The lowest BCUT2D eigenvalue weighted by Crippen LogP contribution is -2.37. The van der Waals surface area contributed by atoms with Gasteiger partial charge < -0.3 is 15.0 Å². The maximum atomic E-state index is 12.5. The first-order valence-electron chi connectivity index (χ1n) is 9.72. The summed E-state index contributed by atoms with van der Waals surface area (Å²) in [5.41, 5.74) is 2.18. The van der Waals surface area contributed by atoms with Crippen LogP contribution in [0.3, 0.4) is 0 Å². The molecule has 0 spiro atoms. The molecule has 156 valence electrons. The fraction of sp³-hybridized carbons (Fsp3) is 0.381. The van der Waals surface area contributed by atoms with Gasteiger partial charge in [0.05, 0.1) is 18.6 Å². The summed E-state index contributed by atoms with van der Waals surface area (Å²) in [6.45, 7) is 4.20. The molecule has 3 rings (SSSR count). The number of amides is 1. The van der Waals surface area contributed by atoms with Gasteiger partial charge in [0, 0.05) is 24.5 Å². The summed E-state index contributed by atoms with van der Waals surface area (Å²) >= 11 is 0. The Balaban J connectivity index is 1.67. The SMILES string of the molecule is CCOc1ccc(N(CC(=O)Nc2ccc(N3CCCC3)cc2)S(C)(=O)=O)cc1. The van der Waals surface area contributed by atoms with Crippen molar-refractivity contribution in [3.05, 3.63) is 48.5 Å². The fourth-order valence-corrected chi connectivity index (χ4v) is 4.19. The Morgan fingerprint density at radius 3 is 2.24 bits per heavy atom. The number of anilines is 3. The number of carbonyl (C=O) groups is 1. The summed E-state index contributed by atoms with van der Waals surface area (Å²) in [4.78, 5) is 14.8. The number of rotatable bonds is 8. The van der Waals surface area contributed by atoms with Crippen molar-refractivity contribution in [3.63, 3.8) is 0 Å². The summed E-state index contributed by atoms with van der Waals surface area (Å²) < 4.78 is 30.9. The van der Waals surface area contributed by atoms with E-state index in [0.717, 1.165) is 29.3 Å². The van der Waals surface area contributed by atoms with E-state index < -0.39 is 15.9 Å². The molecule has 8 heteroatoms. The molecule has 2 aromatic carbocycles. The maximum Gasteiger partial charge on any atom is 0.245 e. The second-order valence-corrected chi connectivity index (χ2v) is 8.89. The van der Waals surface area contributed by atoms with Gasteiger partial charge >= 0.3 is 0 Å². The zero-order chi connectivity index (χ0) is 20.9. The van der Waals surface area contributed by atoms with E-state index in [1.54, 1.807) is 24.3 Å². The van der Waals surface area contributed by atoms with E-state index >= 15 is 0 Å². The van der Waals surface area contributed by atoms with Crippen LogP contribution in [0.1, 0.15) is 19.8 Å². The summed E-state index contributed by atoms with van der Waals surface area (Å²) in [6, 6.07) is 14.3. The standard InChI is InChI=1S/C21H27N3O4S/c1-3-28-20-12-10-19(11-13-20)24(29(2,26)27)16-21(25)22-17-6-8-18(9-7-17)23-14-4-5-15-23/h6-13H,3-5,14-16H2,1-2H3,(H,22,25). The third-order valence-corrected chi connectivity index (χ3v) is 5.89. The molecule has 1 saturated heterocycles. The van der Waals surface area contributed by atoms with Crippen molar-refractivity contribution in [1.82, 2.24) is 0 Å². The number of benzene rings is 2. The van der Waals surface area contributed by atoms with Crippen LogP contribution >= 0.6 is 0 Å². The molecule has 2 aromatic rings. The second-order valence-electron chi connectivity index (χ2n) is 6.99. The molecular formula is C21H27N3O4S. The van der Waals surface area contributed by atoms with Crippen LogP contribution in [0.4, 0.5) is 17.1 Å². The molecule has 1 amide bonds. The number of carbonyl (C=O) groups excluding carboxylic acids is 1. The second kappa shape index (κ2) is 9.17. The zero-order valence-corrected chi connectivity index (χ0v) is 17.6. The van der Waals surface area contributed by atoms with Crippen LogP contribution in [0, 0.1) is 0 Å². The summed E-state index contributed by atoms with van der Waals surface area (Å²) in [5, 5.41) is 2.78. The van der Waals surface area contributed by atoms with Gasteiger partial charge in [-0.15, -0.1) is 0 Å². The van der Waals surface area contributed by atoms with Crippen LogP contribution in [-0.4, -0.2) is 46.8 Å². The van der Waals surface area contributed by atoms with Crippen LogP contribution in [0.5, 0.6) is 5.75 Å². The third kappa shape index (κ3) is 5.63. The van der Waals surface area contributed by atoms with Crippen LogP contribution in [-0.2, 0) is 14.8 Å². The number of sulfonamides is 1. The molecule has 29 heavy (non-hydrogen) atoms. The summed E-state index contributed by atoms with van der Waals surface area (Å²) in [7, 11) is -3.62. The first kappa shape index (κ1) is 21.0. The van der Waals surface area contributed by atoms with Crippen LogP contribution in [0.15, 0.2) is 48.5 Å². The number of hydrogen-bond donors (Lipinski definition) is 1. The highest BCUT2D eigenvalue weighted by atomic mass is 32.2. The first-order chi connectivity index (χ1) is 13.9. The van der Waals surface area contributed by atoms with Crippen molar-refractivity contribution >= 4 is 33.0 Å². The molecule has 0 saturated carbocycles. The van der Waals surface area contributed by atoms with E-state index in [0.29, 0.717) is 23.7 Å². The smallest absolute Gasteiger partial charge is 0.245 e. The van der Waals surface area contributed by atoms with E-state index in [2.05, 4.69) is 10.2 Å². The van der Waals surface area contributed by atoms with E-state index in [-0.39, 0.29) is 6.54 Å². The lowest BCUT2D eigenvalue weighted by molar-refractivity contribution is -0.114. The normalized spacial score (nSPS) is 13.9. The number of nitrogens with one attached hydrogen (secondary N) is 1. The predicted octanol–water partition coefficient (Wildman–Crippen LogP) is 3.09. The minimum atomic E-state index is -3.62. The topological polar surface area (TPSA) is 79.0 Å². The average molecular weight is 418 g/mol. The zero-order valence-electron chi connectivity index (χ0n) is 16.8. The third-order valence-electron chi connectivity index (χ3n) is 4.75. The Hall–Kier alpha value is -2.74. The van der Waals surface area contributed by atoms with E-state index in [9.17, 15) is 13.2 Å². The predicted molar refractivity (Wildman–Crippen MR) is 116 cm³/mol. The Bertz CT molecular complexity index is 921. The minimum absolute atomic E-state index is 0.305. The quantitative estimate of drug-likeness (QED) is 0.714. The van der Waals surface area contributed by atoms with Gasteiger partial charge in [0.2, 0.25) is 15.9 Å². The van der Waals surface area contributed by atoms with Crippen molar-refractivity contribution in [2.24, 2.45) is 0 Å². The molecule has 0 unspecified atom stereocenters. The van der Waals surface area contributed by atoms with Gasteiger partial charge in [0.1, 0.15) is 12.3 Å². The average Bonchev–Trinajstić information content (AvgIpc) is 3.22. The highest BCUT2D eigenvalue weighted by Crippen LogP contribution is 2.23. The molecule has 7 nitrogen and oxygen atoms in total. The molecule has 0 aliphatic carbocycles. The molecule has 0 atom stereocenters. The molecule has 1 fully saturated rings. The van der Waals surface area contributed by atoms with Crippen molar-refractivity contribution in [1.29, 1.82) is 0 Å².